The lowest BCUT2D eigenvalue weighted by molar-refractivity contribution is -0.123. The van der Waals surface area contributed by atoms with E-state index in [-0.39, 0.29) is 12.5 Å². The van der Waals surface area contributed by atoms with Gasteiger partial charge in [-0.15, -0.1) is 10.2 Å². The highest BCUT2D eigenvalue weighted by molar-refractivity contribution is 5.77. The van der Waals surface area contributed by atoms with Crippen molar-refractivity contribution in [1.29, 1.82) is 0 Å². The van der Waals surface area contributed by atoms with Crippen molar-refractivity contribution >= 4 is 5.91 Å². The molecule has 0 atom stereocenters. The Morgan fingerprint density at radius 3 is 2.63 bits per heavy atom. The predicted octanol–water partition coefficient (Wildman–Crippen LogP) is 2.93. The molecule has 3 aromatic rings. The first-order valence-electron chi connectivity index (χ1n) is 8.58. The summed E-state index contributed by atoms with van der Waals surface area (Å²) in [7, 11) is 0. The van der Waals surface area contributed by atoms with E-state index in [1.807, 2.05) is 26.0 Å². The maximum atomic E-state index is 11.9. The van der Waals surface area contributed by atoms with Gasteiger partial charge in [-0.3, -0.25) is 4.79 Å². The highest BCUT2D eigenvalue weighted by atomic mass is 16.5. The molecule has 0 aliphatic heterocycles. The van der Waals surface area contributed by atoms with Crippen LogP contribution in [0.4, 0.5) is 0 Å². The molecule has 0 bridgehead atoms. The van der Waals surface area contributed by atoms with E-state index in [2.05, 4.69) is 21.6 Å². The second-order valence-corrected chi connectivity index (χ2v) is 6.02. The third-order valence-electron chi connectivity index (χ3n) is 3.84. The molecule has 0 spiro atoms. The SMILES string of the molecule is Cc1ccc(OCCNC(=O)COc2ccc(-c3nnco3)cc2)c(C)c1. The van der Waals surface area contributed by atoms with E-state index in [1.54, 1.807) is 24.3 Å². The van der Waals surface area contributed by atoms with Crippen LogP contribution in [0.2, 0.25) is 0 Å². The van der Waals surface area contributed by atoms with Gasteiger partial charge in [0.25, 0.3) is 5.91 Å². The van der Waals surface area contributed by atoms with Gasteiger partial charge in [0.15, 0.2) is 6.61 Å². The van der Waals surface area contributed by atoms with Crippen molar-refractivity contribution in [2.24, 2.45) is 0 Å². The lowest BCUT2D eigenvalue weighted by atomic mass is 10.1. The Balaban J connectivity index is 1.37. The second kappa shape index (κ2) is 8.84. The number of aromatic nitrogens is 2. The molecular formula is C20H21N3O4. The zero-order chi connectivity index (χ0) is 19.1. The summed E-state index contributed by atoms with van der Waals surface area (Å²) in [5.41, 5.74) is 3.05. The molecule has 7 heteroatoms. The summed E-state index contributed by atoms with van der Waals surface area (Å²) in [6, 6.07) is 13.1. The third kappa shape index (κ3) is 5.31. The normalized spacial score (nSPS) is 10.4. The predicted molar refractivity (Wildman–Crippen MR) is 99.6 cm³/mol. The van der Waals surface area contributed by atoms with Gasteiger partial charge in [0.05, 0.1) is 6.54 Å². The zero-order valence-electron chi connectivity index (χ0n) is 15.3. The van der Waals surface area contributed by atoms with Gasteiger partial charge in [-0.2, -0.15) is 0 Å². The average Bonchev–Trinajstić information content (AvgIpc) is 3.20. The molecule has 0 unspecified atom stereocenters. The van der Waals surface area contributed by atoms with Crippen LogP contribution in [0.3, 0.4) is 0 Å². The molecule has 3 rings (SSSR count). The van der Waals surface area contributed by atoms with E-state index < -0.39 is 0 Å². The maximum absolute atomic E-state index is 11.9. The molecule has 27 heavy (non-hydrogen) atoms. The fourth-order valence-electron chi connectivity index (χ4n) is 2.51. The minimum absolute atomic E-state index is 0.0660. The summed E-state index contributed by atoms with van der Waals surface area (Å²) < 4.78 is 16.3. The van der Waals surface area contributed by atoms with Crippen LogP contribution >= 0.6 is 0 Å². The molecule has 0 radical (unpaired) electrons. The lowest BCUT2D eigenvalue weighted by Crippen LogP contribution is -2.32. The van der Waals surface area contributed by atoms with Crippen LogP contribution < -0.4 is 14.8 Å². The molecule has 0 saturated carbocycles. The number of hydrogen-bond acceptors (Lipinski definition) is 6. The average molecular weight is 367 g/mol. The highest BCUT2D eigenvalue weighted by Gasteiger charge is 2.06. The molecule has 0 saturated heterocycles. The number of rotatable bonds is 8. The van der Waals surface area contributed by atoms with Crippen LogP contribution in [0.25, 0.3) is 11.5 Å². The summed E-state index contributed by atoms with van der Waals surface area (Å²) in [6.45, 7) is 4.78. The van der Waals surface area contributed by atoms with E-state index in [1.165, 1.54) is 12.0 Å². The van der Waals surface area contributed by atoms with Crippen molar-refractivity contribution in [1.82, 2.24) is 15.5 Å². The molecule has 1 aromatic heterocycles. The number of ether oxygens (including phenoxy) is 2. The van der Waals surface area contributed by atoms with Gasteiger partial charge in [-0.1, -0.05) is 17.7 Å². The fraction of sp³-hybridized carbons (Fsp3) is 0.250. The molecule has 2 aromatic carbocycles. The van der Waals surface area contributed by atoms with Gasteiger partial charge in [-0.25, -0.2) is 0 Å². The van der Waals surface area contributed by atoms with Crippen LogP contribution in [0, 0.1) is 13.8 Å². The van der Waals surface area contributed by atoms with Gasteiger partial charge in [-0.05, 0) is 49.7 Å². The zero-order valence-corrected chi connectivity index (χ0v) is 15.3. The van der Waals surface area contributed by atoms with Crippen LogP contribution in [0.1, 0.15) is 11.1 Å². The number of amides is 1. The molecular weight excluding hydrogens is 346 g/mol. The largest absolute Gasteiger partial charge is 0.491 e. The Labute approximate surface area is 157 Å². The number of hydrogen-bond donors (Lipinski definition) is 1. The lowest BCUT2D eigenvalue weighted by Gasteiger charge is -2.11. The molecule has 1 N–H and O–H groups in total. The highest BCUT2D eigenvalue weighted by Crippen LogP contribution is 2.20. The van der Waals surface area contributed by atoms with Gasteiger partial charge in [0, 0.05) is 5.56 Å². The van der Waals surface area contributed by atoms with Crippen LogP contribution in [-0.4, -0.2) is 35.9 Å². The van der Waals surface area contributed by atoms with Crippen molar-refractivity contribution in [2.75, 3.05) is 19.8 Å². The summed E-state index contributed by atoms with van der Waals surface area (Å²) >= 11 is 0. The van der Waals surface area contributed by atoms with Crippen molar-refractivity contribution in [3.63, 3.8) is 0 Å². The first kappa shape index (κ1) is 18.4. The molecule has 0 fully saturated rings. The monoisotopic (exact) mass is 367 g/mol. The topological polar surface area (TPSA) is 86.5 Å². The minimum Gasteiger partial charge on any atom is -0.491 e. The maximum Gasteiger partial charge on any atom is 0.258 e. The Bertz CT molecular complexity index is 877. The Kier molecular flexibility index (Phi) is 6.04. The molecule has 7 nitrogen and oxygen atoms in total. The molecule has 0 aliphatic rings. The van der Waals surface area contributed by atoms with E-state index in [4.69, 9.17) is 13.9 Å². The first-order valence-corrected chi connectivity index (χ1v) is 8.58. The molecule has 1 heterocycles. The number of carbonyl (C=O) groups is 1. The fourth-order valence-corrected chi connectivity index (χ4v) is 2.51. The van der Waals surface area contributed by atoms with Crippen LogP contribution in [0.5, 0.6) is 11.5 Å². The molecule has 0 aliphatic carbocycles. The summed E-state index contributed by atoms with van der Waals surface area (Å²) in [5, 5.41) is 10.2. The Morgan fingerprint density at radius 2 is 1.93 bits per heavy atom. The van der Waals surface area contributed by atoms with E-state index in [0.29, 0.717) is 24.8 Å². The van der Waals surface area contributed by atoms with Crippen molar-refractivity contribution in [2.45, 2.75) is 13.8 Å². The van der Waals surface area contributed by atoms with Crippen molar-refractivity contribution < 1.29 is 18.7 Å². The minimum atomic E-state index is -0.208. The Hall–Kier alpha value is -3.35. The van der Waals surface area contributed by atoms with E-state index >= 15 is 0 Å². The van der Waals surface area contributed by atoms with Gasteiger partial charge >= 0.3 is 0 Å². The van der Waals surface area contributed by atoms with Gasteiger partial charge in [0.1, 0.15) is 18.1 Å². The number of nitrogens with zero attached hydrogens (tertiary/aromatic N) is 2. The van der Waals surface area contributed by atoms with E-state index in [0.717, 1.165) is 16.9 Å². The van der Waals surface area contributed by atoms with Gasteiger partial charge < -0.3 is 19.2 Å². The number of nitrogens with one attached hydrogen (secondary N) is 1. The molecule has 1 amide bonds. The van der Waals surface area contributed by atoms with Crippen LogP contribution in [-0.2, 0) is 4.79 Å². The van der Waals surface area contributed by atoms with Crippen molar-refractivity contribution in [3.05, 3.63) is 60.0 Å². The number of carbonyl (C=O) groups excluding carboxylic acids is 1. The van der Waals surface area contributed by atoms with Crippen molar-refractivity contribution in [3.8, 4) is 23.0 Å². The Morgan fingerprint density at radius 1 is 1.11 bits per heavy atom. The quantitative estimate of drug-likeness (QED) is 0.616. The number of benzene rings is 2. The van der Waals surface area contributed by atoms with Gasteiger partial charge in [0.2, 0.25) is 12.3 Å². The second-order valence-electron chi connectivity index (χ2n) is 6.02. The smallest absolute Gasteiger partial charge is 0.258 e. The standard InChI is InChI=1S/C20H21N3O4/c1-14-3-8-18(15(2)11-14)25-10-9-21-19(24)12-26-17-6-4-16(5-7-17)20-23-22-13-27-20/h3-8,11,13H,9-10,12H2,1-2H3,(H,21,24). The summed E-state index contributed by atoms with van der Waals surface area (Å²) in [5.74, 6) is 1.63. The third-order valence-corrected chi connectivity index (χ3v) is 3.84. The first-order chi connectivity index (χ1) is 13.1. The van der Waals surface area contributed by atoms with Crippen LogP contribution in [0.15, 0.2) is 53.3 Å². The van der Waals surface area contributed by atoms with E-state index in [9.17, 15) is 4.79 Å². The number of aryl methyl sites for hydroxylation is 2. The molecule has 140 valence electrons. The summed E-state index contributed by atoms with van der Waals surface area (Å²) in [4.78, 5) is 11.9. The summed E-state index contributed by atoms with van der Waals surface area (Å²) in [6.07, 6.45) is 1.27.